The van der Waals surface area contributed by atoms with E-state index >= 15 is 0 Å². The van der Waals surface area contributed by atoms with E-state index in [1.807, 2.05) is 60.7 Å². The summed E-state index contributed by atoms with van der Waals surface area (Å²) in [7, 11) is 0. The number of benzene rings is 2. The first-order valence-corrected chi connectivity index (χ1v) is 8.24. The SMILES string of the molecule is NC(=O)N1CCNC(C(N)=O)(C(c2ccccc2)c2ccccc2)C1. The summed E-state index contributed by atoms with van der Waals surface area (Å²) in [5.41, 5.74) is 12.1. The van der Waals surface area contributed by atoms with Gasteiger partial charge in [-0.25, -0.2) is 4.79 Å². The smallest absolute Gasteiger partial charge is 0.314 e. The quantitative estimate of drug-likeness (QED) is 0.776. The van der Waals surface area contributed by atoms with E-state index in [-0.39, 0.29) is 12.5 Å². The molecule has 0 bridgehead atoms. The molecule has 0 aromatic heterocycles. The highest BCUT2D eigenvalue weighted by atomic mass is 16.2. The maximum atomic E-state index is 12.6. The number of hydrogen-bond acceptors (Lipinski definition) is 3. The van der Waals surface area contributed by atoms with Crippen LogP contribution in [0.1, 0.15) is 17.0 Å². The van der Waals surface area contributed by atoms with Gasteiger partial charge in [0.05, 0.1) is 6.54 Å². The fourth-order valence-corrected chi connectivity index (χ4v) is 3.59. The van der Waals surface area contributed by atoms with Crippen LogP contribution in [-0.2, 0) is 4.79 Å². The molecule has 5 N–H and O–H groups in total. The Morgan fingerprint density at radius 1 is 0.960 bits per heavy atom. The molecule has 25 heavy (non-hydrogen) atoms. The maximum absolute atomic E-state index is 12.6. The highest BCUT2D eigenvalue weighted by Gasteiger charge is 2.49. The summed E-state index contributed by atoms with van der Waals surface area (Å²) < 4.78 is 0. The average molecular weight is 338 g/mol. The minimum atomic E-state index is -1.13. The zero-order chi connectivity index (χ0) is 17.9. The van der Waals surface area contributed by atoms with Crippen LogP contribution < -0.4 is 16.8 Å². The van der Waals surface area contributed by atoms with Crippen LogP contribution >= 0.6 is 0 Å². The Labute approximate surface area is 146 Å². The monoisotopic (exact) mass is 338 g/mol. The van der Waals surface area contributed by atoms with Gasteiger partial charge in [-0.05, 0) is 11.1 Å². The number of carbonyl (C=O) groups excluding carboxylic acids is 2. The van der Waals surface area contributed by atoms with Crippen LogP contribution in [0, 0.1) is 0 Å². The molecule has 1 heterocycles. The Morgan fingerprint density at radius 3 is 1.92 bits per heavy atom. The predicted molar refractivity (Wildman–Crippen MR) is 95.8 cm³/mol. The van der Waals surface area contributed by atoms with Crippen molar-refractivity contribution in [2.24, 2.45) is 11.5 Å². The summed E-state index contributed by atoms with van der Waals surface area (Å²) in [5, 5.41) is 3.29. The summed E-state index contributed by atoms with van der Waals surface area (Å²) >= 11 is 0. The van der Waals surface area contributed by atoms with Crippen molar-refractivity contribution in [1.82, 2.24) is 10.2 Å². The van der Waals surface area contributed by atoms with Gasteiger partial charge < -0.3 is 16.4 Å². The second-order valence-corrected chi connectivity index (χ2v) is 6.28. The normalized spacial score (nSPS) is 20.4. The molecular formula is C19H22N4O2. The highest BCUT2D eigenvalue weighted by Crippen LogP contribution is 2.36. The number of nitrogens with zero attached hydrogens (tertiary/aromatic N) is 1. The summed E-state index contributed by atoms with van der Waals surface area (Å²) in [4.78, 5) is 25.8. The lowest BCUT2D eigenvalue weighted by molar-refractivity contribution is -0.126. The number of amides is 3. The lowest BCUT2D eigenvalue weighted by Crippen LogP contribution is -2.70. The third-order valence-electron chi connectivity index (χ3n) is 4.77. The first-order valence-electron chi connectivity index (χ1n) is 8.24. The van der Waals surface area contributed by atoms with Crippen molar-refractivity contribution < 1.29 is 9.59 Å². The van der Waals surface area contributed by atoms with Gasteiger partial charge in [-0.1, -0.05) is 60.7 Å². The van der Waals surface area contributed by atoms with Crippen LogP contribution in [0.5, 0.6) is 0 Å². The summed E-state index contributed by atoms with van der Waals surface area (Å²) in [6.07, 6.45) is 0. The second-order valence-electron chi connectivity index (χ2n) is 6.28. The van der Waals surface area contributed by atoms with Gasteiger partial charge in [0, 0.05) is 19.0 Å². The molecule has 0 saturated carbocycles. The Hall–Kier alpha value is -2.86. The summed E-state index contributed by atoms with van der Waals surface area (Å²) in [6.45, 7) is 1.02. The number of hydrogen-bond donors (Lipinski definition) is 3. The second kappa shape index (κ2) is 6.94. The molecule has 3 amide bonds. The molecule has 0 spiro atoms. The minimum absolute atomic E-state index is 0.131. The van der Waals surface area contributed by atoms with E-state index in [1.54, 1.807) is 0 Å². The van der Waals surface area contributed by atoms with Crippen molar-refractivity contribution in [2.45, 2.75) is 11.5 Å². The summed E-state index contributed by atoms with van der Waals surface area (Å²) in [6, 6.07) is 18.9. The van der Waals surface area contributed by atoms with Crippen molar-refractivity contribution in [1.29, 1.82) is 0 Å². The number of primary amides is 2. The lowest BCUT2D eigenvalue weighted by Gasteiger charge is -2.46. The number of carbonyl (C=O) groups is 2. The zero-order valence-electron chi connectivity index (χ0n) is 13.9. The standard InChI is InChI=1S/C19H22N4O2/c20-17(24)19(13-23(18(21)25)12-11-22-19)16(14-7-3-1-4-8-14)15-9-5-2-6-10-15/h1-10,16,22H,11-13H2,(H2,20,24)(H2,21,25). The van der Waals surface area contributed by atoms with E-state index in [0.717, 1.165) is 11.1 Å². The fraction of sp³-hybridized carbons (Fsp3) is 0.263. The van der Waals surface area contributed by atoms with Gasteiger partial charge in [-0.2, -0.15) is 0 Å². The molecular weight excluding hydrogens is 316 g/mol. The molecule has 1 aliphatic heterocycles. The van der Waals surface area contributed by atoms with Gasteiger partial charge in [-0.15, -0.1) is 0 Å². The first-order chi connectivity index (χ1) is 12.0. The minimum Gasteiger partial charge on any atom is -0.368 e. The maximum Gasteiger partial charge on any atom is 0.314 e. The van der Waals surface area contributed by atoms with Crippen molar-refractivity contribution in [3.63, 3.8) is 0 Å². The van der Waals surface area contributed by atoms with Crippen molar-refractivity contribution in [2.75, 3.05) is 19.6 Å². The van der Waals surface area contributed by atoms with Gasteiger partial charge in [0.1, 0.15) is 5.54 Å². The van der Waals surface area contributed by atoms with E-state index in [9.17, 15) is 9.59 Å². The molecule has 1 unspecified atom stereocenters. The number of rotatable bonds is 4. The fourth-order valence-electron chi connectivity index (χ4n) is 3.59. The average Bonchev–Trinajstić information content (AvgIpc) is 2.64. The lowest BCUT2D eigenvalue weighted by atomic mass is 9.73. The zero-order valence-corrected chi connectivity index (χ0v) is 13.9. The molecule has 2 aromatic carbocycles. The molecule has 130 valence electrons. The van der Waals surface area contributed by atoms with Gasteiger partial charge >= 0.3 is 6.03 Å². The highest BCUT2D eigenvalue weighted by molar-refractivity contribution is 5.88. The van der Waals surface area contributed by atoms with E-state index < -0.39 is 17.5 Å². The molecule has 2 aromatic rings. The van der Waals surface area contributed by atoms with Crippen LogP contribution in [0.4, 0.5) is 4.79 Å². The van der Waals surface area contributed by atoms with Crippen molar-refractivity contribution in [3.8, 4) is 0 Å². The number of nitrogens with one attached hydrogen (secondary N) is 1. The van der Waals surface area contributed by atoms with Gasteiger partial charge in [0.15, 0.2) is 0 Å². The van der Waals surface area contributed by atoms with Gasteiger partial charge in [0.25, 0.3) is 0 Å². The number of urea groups is 1. The van der Waals surface area contributed by atoms with E-state index in [2.05, 4.69) is 5.32 Å². The Kier molecular flexibility index (Phi) is 4.72. The predicted octanol–water partition coefficient (Wildman–Crippen LogP) is 1.03. The Bertz CT molecular complexity index is 711. The molecule has 1 fully saturated rings. The Morgan fingerprint density at radius 2 is 1.48 bits per heavy atom. The molecule has 1 saturated heterocycles. The van der Waals surface area contributed by atoms with E-state index in [4.69, 9.17) is 11.5 Å². The topological polar surface area (TPSA) is 101 Å². The Balaban J connectivity index is 2.15. The molecule has 3 rings (SSSR count). The number of nitrogens with two attached hydrogens (primary N) is 2. The summed E-state index contributed by atoms with van der Waals surface area (Å²) in [5.74, 6) is -0.842. The molecule has 1 atom stereocenters. The van der Waals surface area contributed by atoms with Crippen LogP contribution in [0.25, 0.3) is 0 Å². The van der Waals surface area contributed by atoms with E-state index in [0.29, 0.717) is 13.1 Å². The largest absolute Gasteiger partial charge is 0.368 e. The van der Waals surface area contributed by atoms with Crippen LogP contribution in [-0.4, -0.2) is 42.0 Å². The van der Waals surface area contributed by atoms with Crippen molar-refractivity contribution >= 4 is 11.9 Å². The third-order valence-corrected chi connectivity index (χ3v) is 4.77. The molecule has 0 aliphatic carbocycles. The number of piperazine rings is 1. The van der Waals surface area contributed by atoms with Gasteiger partial charge in [-0.3, -0.25) is 10.1 Å². The van der Waals surface area contributed by atoms with E-state index in [1.165, 1.54) is 4.90 Å². The van der Waals surface area contributed by atoms with Crippen LogP contribution in [0.3, 0.4) is 0 Å². The van der Waals surface area contributed by atoms with Crippen LogP contribution in [0.15, 0.2) is 60.7 Å². The molecule has 1 aliphatic rings. The van der Waals surface area contributed by atoms with Crippen molar-refractivity contribution in [3.05, 3.63) is 71.8 Å². The molecule has 6 heteroatoms. The third kappa shape index (κ3) is 3.21. The molecule has 6 nitrogen and oxygen atoms in total. The van der Waals surface area contributed by atoms with Gasteiger partial charge in [0.2, 0.25) is 5.91 Å². The first kappa shape index (κ1) is 17.0. The van der Waals surface area contributed by atoms with Crippen LogP contribution in [0.2, 0.25) is 0 Å². The molecule has 0 radical (unpaired) electrons.